The van der Waals surface area contributed by atoms with E-state index < -0.39 is 12.1 Å². The maximum Gasteiger partial charge on any atom is 0.346 e. The third-order valence-electron chi connectivity index (χ3n) is 2.90. The van der Waals surface area contributed by atoms with Crippen LogP contribution in [0.3, 0.4) is 0 Å². The molecule has 0 bridgehead atoms. The van der Waals surface area contributed by atoms with Crippen molar-refractivity contribution in [2.24, 2.45) is 0 Å². The first kappa shape index (κ1) is 13.9. The molecule has 0 aromatic heterocycles. The SMILES string of the molecule is COC(=O)[C@@H](C)Oc1ccc(-c2ccc(O)cc2)cc1. The molecule has 1 atom stereocenters. The summed E-state index contributed by atoms with van der Waals surface area (Å²) in [5.41, 5.74) is 2.00. The summed E-state index contributed by atoms with van der Waals surface area (Å²) in [5.74, 6) is 0.429. The van der Waals surface area contributed by atoms with Crippen molar-refractivity contribution >= 4 is 5.97 Å². The largest absolute Gasteiger partial charge is 0.508 e. The molecular formula is C16H16O4. The lowest BCUT2D eigenvalue weighted by molar-refractivity contribution is -0.147. The van der Waals surface area contributed by atoms with E-state index in [1.165, 1.54) is 7.11 Å². The molecule has 2 aromatic rings. The van der Waals surface area contributed by atoms with Crippen LogP contribution in [-0.2, 0) is 9.53 Å². The molecule has 2 rings (SSSR count). The molecule has 20 heavy (non-hydrogen) atoms. The highest BCUT2D eigenvalue weighted by molar-refractivity contribution is 5.74. The molecule has 0 aliphatic rings. The molecule has 0 radical (unpaired) electrons. The number of methoxy groups -OCH3 is 1. The molecular weight excluding hydrogens is 256 g/mol. The Morgan fingerprint density at radius 2 is 1.50 bits per heavy atom. The van der Waals surface area contributed by atoms with Gasteiger partial charge in [0, 0.05) is 0 Å². The first-order valence-electron chi connectivity index (χ1n) is 6.24. The zero-order chi connectivity index (χ0) is 14.5. The van der Waals surface area contributed by atoms with Crippen molar-refractivity contribution in [3.63, 3.8) is 0 Å². The number of ether oxygens (including phenoxy) is 2. The average Bonchev–Trinajstić information content (AvgIpc) is 2.48. The van der Waals surface area contributed by atoms with Crippen molar-refractivity contribution < 1.29 is 19.4 Å². The lowest BCUT2D eigenvalue weighted by Crippen LogP contribution is -2.24. The van der Waals surface area contributed by atoms with E-state index in [9.17, 15) is 9.90 Å². The number of carbonyl (C=O) groups is 1. The predicted molar refractivity (Wildman–Crippen MR) is 75.6 cm³/mol. The van der Waals surface area contributed by atoms with E-state index >= 15 is 0 Å². The Kier molecular flexibility index (Phi) is 4.25. The molecule has 4 nitrogen and oxygen atoms in total. The van der Waals surface area contributed by atoms with Crippen molar-refractivity contribution in [3.05, 3.63) is 48.5 Å². The summed E-state index contributed by atoms with van der Waals surface area (Å²) < 4.78 is 10.1. The first-order chi connectivity index (χ1) is 9.60. The number of benzene rings is 2. The standard InChI is InChI=1S/C16H16O4/c1-11(16(18)19-2)20-15-9-5-13(6-10-15)12-3-7-14(17)8-4-12/h3-11,17H,1-2H3/t11-/m1/s1. The summed E-state index contributed by atoms with van der Waals surface area (Å²) in [6, 6.07) is 14.3. The second-order valence-corrected chi connectivity index (χ2v) is 4.35. The van der Waals surface area contributed by atoms with Gasteiger partial charge < -0.3 is 14.6 Å². The lowest BCUT2D eigenvalue weighted by atomic mass is 10.1. The molecule has 0 heterocycles. The summed E-state index contributed by atoms with van der Waals surface area (Å²) in [4.78, 5) is 11.3. The number of esters is 1. The molecule has 0 amide bonds. The number of aromatic hydroxyl groups is 1. The molecule has 0 saturated carbocycles. The van der Waals surface area contributed by atoms with Crippen LogP contribution in [0.15, 0.2) is 48.5 Å². The highest BCUT2D eigenvalue weighted by Crippen LogP contribution is 2.24. The maximum absolute atomic E-state index is 11.3. The van der Waals surface area contributed by atoms with Gasteiger partial charge in [0.05, 0.1) is 7.11 Å². The number of hydrogen-bond acceptors (Lipinski definition) is 4. The Morgan fingerprint density at radius 3 is 2.00 bits per heavy atom. The average molecular weight is 272 g/mol. The van der Waals surface area contributed by atoms with E-state index in [-0.39, 0.29) is 5.75 Å². The first-order valence-corrected chi connectivity index (χ1v) is 6.24. The van der Waals surface area contributed by atoms with Gasteiger partial charge in [0.25, 0.3) is 0 Å². The van der Waals surface area contributed by atoms with Gasteiger partial charge in [-0.25, -0.2) is 4.79 Å². The van der Waals surface area contributed by atoms with Gasteiger partial charge in [-0.15, -0.1) is 0 Å². The molecule has 0 aliphatic heterocycles. The van der Waals surface area contributed by atoms with E-state index in [1.807, 2.05) is 24.3 Å². The normalized spacial score (nSPS) is 11.7. The lowest BCUT2D eigenvalue weighted by Gasteiger charge is -2.12. The van der Waals surface area contributed by atoms with Crippen LogP contribution >= 0.6 is 0 Å². The smallest absolute Gasteiger partial charge is 0.346 e. The fraction of sp³-hybridized carbons (Fsp3) is 0.188. The number of phenols is 1. The van der Waals surface area contributed by atoms with Crippen molar-refractivity contribution in [2.75, 3.05) is 7.11 Å². The number of hydrogen-bond donors (Lipinski definition) is 1. The van der Waals surface area contributed by atoms with Gasteiger partial charge >= 0.3 is 5.97 Å². The summed E-state index contributed by atoms with van der Waals surface area (Å²) in [7, 11) is 1.33. The van der Waals surface area contributed by atoms with Crippen molar-refractivity contribution in [3.8, 4) is 22.6 Å². The Labute approximate surface area is 117 Å². The van der Waals surface area contributed by atoms with E-state index in [2.05, 4.69) is 4.74 Å². The third kappa shape index (κ3) is 3.29. The quantitative estimate of drug-likeness (QED) is 0.869. The van der Waals surface area contributed by atoms with Gasteiger partial charge in [0.15, 0.2) is 6.10 Å². The van der Waals surface area contributed by atoms with Gasteiger partial charge in [-0.2, -0.15) is 0 Å². The van der Waals surface area contributed by atoms with Gasteiger partial charge in [0.2, 0.25) is 0 Å². The molecule has 2 aromatic carbocycles. The van der Waals surface area contributed by atoms with Crippen LogP contribution in [0.1, 0.15) is 6.92 Å². The highest BCUT2D eigenvalue weighted by atomic mass is 16.6. The second-order valence-electron chi connectivity index (χ2n) is 4.35. The van der Waals surface area contributed by atoms with Crippen LogP contribution < -0.4 is 4.74 Å². The molecule has 104 valence electrons. The predicted octanol–water partition coefficient (Wildman–Crippen LogP) is 3.00. The fourth-order valence-electron chi connectivity index (χ4n) is 1.80. The fourth-order valence-corrected chi connectivity index (χ4v) is 1.80. The van der Waals surface area contributed by atoms with Crippen LogP contribution in [0.5, 0.6) is 11.5 Å². The Bertz CT molecular complexity index is 572. The van der Waals surface area contributed by atoms with Crippen molar-refractivity contribution in [1.82, 2.24) is 0 Å². The molecule has 0 spiro atoms. The molecule has 0 saturated heterocycles. The van der Waals surface area contributed by atoms with Crippen LogP contribution in [0.4, 0.5) is 0 Å². The number of phenolic OH excluding ortho intramolecular Hbond substituents is 1. The molecule has 1 N–H and O–H groups in total. The maximum atomic E-state index is 11.3. The summed E-state index contributed by atoms with van der Waals surface area (Å²) in [6.07, 6.45) is -0.639. The van der Waals surface area contributed by atoms with Gasteiger partial charge in [-0.05, 0) is 42.3 Å². The van der Waals surface area contributed by atoms with E-state index in [1.54, 1.807) is 31.2 Å². The zero-order valence-electron chi connectivity index (χ0n) is 11.4. The topological polar surface area (TPSA) is 55.8 Å². The number of carbonyl (C=O) groups excluding carboxylic acids is 1. The minimum Gasteiger partial charge on any atom is -0.508 e. The van der Waals surface area contributed by atoms with Gasteiger partial charge in [-0.1, -0.05) is 24.3 Å². The monoisotopic (exact) mass is 272 g/mol. The molecule has 4 heteroatoms. The Morgan fingerprint density at radius 1 is 1.00 bits per heavy atom. The highest BCUT2D eigenvalue weighted by Gasteiger charge is 2.14. The van der Waals surface area contributed by atoms with E-state index in [4.69, 9.17) is 4.74 Å². The molecule has 0 unspecified atom stereocenters. The summed E-state index contributed by atoms with van der Waals surface area (Å²) in [6.45, 7) is 1.64. The minimum atomic E-state index is -0.639. The van der Waals surface area contributed by atoms with Crippen LogP contribution in [0.2, 0.25) is 0 Å². The van der Waals surface area contributed by atoms with E-state index in [0.29, 0.717) is 5.75 Å². The number of rotatable bonds is 4. The van der Waals surface area contributed by atoms with Gasteiger partial charge in [0.1, 0.15) is 11.5 Å². The Balaban J connectivity index is 2.10. The summed E-state index contributed by atoms with van der Waals surface area (Å²) in [5, 5.41) is 9.26. The molecule has 0 fully saturated rings. The summed E-state index contributed by atoms with van der Waals surface area (Å²) >= 11 is 0. The van der Waals surface area contributed by atoms with Crippen LogP contribution in [0, 0.1) is 0 Å². The van der Waals surface area contributed by atoms with E-state index in [0.717, 1.165) is 11.1 Å². The molecule has 0 aliphatic carbocycles. The van der Waals surface area contributed by atoms with Crippen molar-refractivity contribution in [2.45, 2.75) is 13.0 Å². The van der Waals surface area contributed by atoms with Crippen LogP contribution in [-0.4, -0.2) is 24.3 Å². The van der Waals surface area contributed by atoms with Gasteiger partial charge in [-0.3, -0.25) is 0 Å². The van der Waals surface area contributed by atoms with Crippen LogP contribution in [0.25, 0.3) is 11.1 Å². The second kappa shape index (κ2) is 6.10. The Hall–Kier alpha value is -2.49. The zero-order valence-corrected chi connectivity index (χ0v) is 11.4. The van der Waals surface area contributed by atoms with Crippen molar-refractivity contribution in [1.29, 1.82) is 0 Å². The third-order valence-corrected chi connectivity index (χ3v) is 2.90. The minimum absolute atomic E-state index is 0.237.